The van der Waals surface area contributed by atoms with Crippen LogP contribution in [0.1, 0.15) is 66.9 Å². The number of carbonyl (C=O) groups excluding carboxylic acids is 1. The van der Waals surface area contributed by atoms with E-state index < -0.39 is 0 Å². The first-order valence-electron chi connectivity index (χ1n) is 11.1. The van der Waals surface area contributed by atoms with Gasteiger partial charge in [0.2, 0.25) is 0 Å². The predicted molar refractivity (Wildman–Crippen MR) is 129 cm³/mol. The molecule has 2 N–H and O–H groups in total. The molecule has 0 atom stereocenters. The van der Waals surface area contributed by atoms with Crippen molar-refractivity contribution in [2.45, 2.75) is 51.9 Å². The molecule has 1 heterocycles. The molecule has 5 heteroatoms. The highest BCUT2D eigenvalue weighted by Gasteiger charge is 2.17. The van der Waals surface area contributed by atoms with Crippen LogP contribution in [0.25, 0.3) is 0 Å². The van der Waals surface area contributed by atoms with Crippen molar-refractivity contribution in [2.75, 3.05) is 25.0 Å². The number of benzene rings is 2. The number of hydrogen-bond acceptors (Lipinski definition) is 2. The molecule has 160 valence electrons. The van der Waals surface area contributed by atoms with Crippen molar-refractivity contribution >= 4 is 28.9 Å². The van der Waals surface area contributed by atoms with Gasteiger partial charge in [-0.05, 0) is 85.6 Å². The Morgan fingerprint density at radius 3 is 2.30 bits per heavy atom. The summed E-state index contributed by atoms with van der Waals surface area (Å²) in [5, 5.41) is 7.08. The lowest BCUT2D eigenvalue weighted by Gasteiger charge is -2.26. The molecule has 0 bridgehead atoms. The minimum atomic E-state index is 0.128. The summed E-state index contributed by atoms with van der Waals surface area (Å²) in [4.78, 5) is 14.5. The van der Waals surface area contributed by atoms with Crippen molar-refractivity contribution in [2.24, 2.45) is 0 Å². The fourth-order valence-corrected chi connectivity index (χ4v) is 3.93. The van der Waals surface area contributed by atoms with E-state index in [-0.39, 0.29) is 5.91 Å². The average molecular weight is 424 g/mol. The average Bonchev–Trinajstić information content (AvgIpc) is 2.77. The van der Waals surface area contributed by atoms with E-state index in [9.17, 15) is 4.79 Å². The van der Waals surface area contributed by atoms with Crippen LogP contribution in [0.2, 0.25) is 0 Å². The van der Waals surface area contributed by atoms with E-state index in [0.29, 0.717) is 11.0 Å². The van der Waals surface area contributed by atoms with Crippen LogP contribution in [0.5, 0.6) is 0 Å². The number of carbonyl (C=O) groups is 1. The van der Waals surface area contributed by atoms with E-state index >= 15 is 0 Å². The topological polar surface area (TPSA) is 44.4 Å². The van der Waals surface area contributed by atoms with Gasteiger partial charge < -0.3 is 15.5 Å². The van der Waals surface area contributed by atoms with Crippen molar-refractivity contribution in [3.63, 3.8) is 0 Å². The summed E-state index contributed by atoms with van der Waals surface area (Å²) in [7, 11) is 0. The van der Waals surface area contributed by atoms with Gasteiger partial charge in [-0.25, -0.2) is 0 Å². The standard InChI is InChI=1S/C25H33N3OS/c1-19(2)21-10-8-20(9-11-21)7-6-16-26-25(30)27-23-14-12-22(13-15-23)24(29)28-17-4-3-5-18-28/h8-15,19H,3-7,16-18H2,1-2H3,(H2,26,27,30). The Morgan fingerprint density at radius 1 is 1.00 bits per heavy atom. The van der Waals surface area contributed by atoms with Crippen LogP contribution >= 0.6 is 12.2 Å². The van der Waals surface area contributed by atoms with Crippen LogP contribution in [-0.4, -0.2) is 35.6 Å². The molecule has 0 spiro atoms. The van der Waals surface area contributed by atoms with Crippen molar-refractivity contribution < 1.29 is 4.79 Å². The van der Waals surface area contributed by atoms with Crippen LogP contribution in [0, 0.1) is 0 Å². The molecular formula is C25H33N3OS. The van der Waals surface area contributed by atoms with Gasteiger partial charge in [0.1, 0.15) is 0 Å². The zero-order valence-corrected chi connectivity index (χ0v) is 18.9. The Kier molecular flexibility index (Phi) is 8.26. The quantitative estimate of drug-likeness (QED) is 0.465. The minimum Gasteiger partial charge on any atom is -0.362 e. The van der Waals surface area contributed by atoms with Crippen LogP contribution < -0.4 is 10.6 Å². The Bertz CT molecular complexity index is 824. The largest absolute Gasteiger partial charge is 0.362 e. The number of rotatable bonds is 7. The molecule has 1 aliphatic rings. The molecule has 0 aromatic heterocycles. The van der Waals surface area contributed by atoms with E-state index in [2.05, 4.69) is 48.7 Å². The normalized spacial score (nSPS) is 13.9. The summed E-state index contributed by atoms with van der Waals surface area (Å²) in [6.07, 6.45) is 5.48. The van der Waals surface area contributed by atoms with Gasteiger partial charge in [0.15, 0.2) is 5.11 Å². The summed E-state index contributed by atoms with van der Waals surface area (Å²) in [5.41, 5.74) is 4.37. The number of aryl methyl sites for hydroxylation is 1. The number of nitrogens with one attached hydrogen (secondary N) is 2. The van der Waals surface area contributed by atoms with Crippen molar-refractivity contribution in [3.05, 3.63) is 65.2 Å². The number of likely N-dealkylation sites (tertiary alicyclic amines) is 1. The first-order valence-corrected chi connectivity index (χ1v) is 11.5. The van der Waals surface area contributed by atoms with Gasteiger partial charge in [0, 0.05) is 30.9 Å². The van der Waals surface area contributed by atoms with E-state index in [1.165, 1.54) is 17.5 Å². The molecule has 1 aliphatic heterocycles. The van der Waals surface area contributed by atoms with Crippen LogP contribution in [0.3, 0.4) is 0 Å². The Labute approximate surface area is 186 Å². The zero-order chi connectivity index (χ0) is 21.3. The summed E-state index contributed by atoms with van der Waals surface area (Å²) in [5.74, 6) is 0.699. The van der Waals surface area contributed by atoms with Crippen LogP contribution in [-0.2, 0) is 6.42 Å². The van der Waals surface area contributed by atoms with E-state index in [0.717, 1.165) is 56.6 Å². The molecule has 0 radical (unpaired) electrons. The van der Waals surface area contributed by atoms with E-state index in [1.54, 1.807) is 0 Å². The lowest BCUT2D eigenvalue weighted by Crippen LogP contribution is -2.35. The van der Waals surface area contributed by atoms with Gasteiger partial charge in [-0.2, -0.15) is 0 Å². The highest BCUT2D eigenvalue weighted by atomic mass is 32.1. The second-order valence-electron chi connectivity index (χ2n) is 8.31. The maximum atomic E-state index is 12.5. The molecule has 3 rings (SSSR count). The number of hydrogen-bond donors (Lipinski definition) is 2. The summed E-state index contributed by atoms with van der Waals surface area (Å²) in [6, 6.07) is 16.5. The Hall–Kier alpha value is -2.40. The minimum absolute atomic E-state index is 0.128. The van der Waals surface area contributed by atoms with Gasteiger partial charge in [-0.1, -0.05) is 38.1 Å². The molecule has 0 aliphatic carbocycles. The molecule has 30 heavy (non-hydrogen) atoms. The Morgan fingerprint density at radius 2 is 1.67 bits per heavy atom. The van der Waals surface area contributed by atoms with Gasteiger partial charge in [0.05, 0.1) is 0 Å². The third-order valence-electron chi connectivity index (χ3n) is 5.61. The van der Waals surface area contributed by atoms with Crippen LogP contribution in [0.15, 0.2) is 48.5 Å². The maximum absolute atomic E-state index is 12.5. The molecule has 1 saturated heterocycles. The fraction of sp³-hybridized carbons (Fsp3) is 0.440. The second kappa shape index (κ2) is 11.1. The van der Waals surface area contributed by atoms with Crippen LogP contribution in [0.4, 0.5) is 5.69 Å². The molecule has 1 amide bonds. The fourth-order valence-electron chi connectivity index (χ4n) is 3.71. The number of amides is 1. The molecule has 1 fully saturated rings. The predicted octanol–water partition coefficient (Wildman–Crippen LogP) is 5.36. The van der Waals surface area contributed by atoms with E-state index in [1.807, 2.05) is 29.2 Å². The molecule has 2 aromatic carbocycles. The van der Waals surface area contributed by atoms with Crippen molar-refractivity contribution in [1.82, 2.24) is 10.2 Å². The monoisotopic (exact) mass is 423 g/mol. The SMILES string of the molecule is CC(C)c1ccc(CCCNC(=S)Nc2ccc(C(=O)N3CCCCC3)cc2)cc1. The lowest BCUT2D eigenvalue weighted by molar-refractivity contribution is 0.0724. The highest BCUT2D eigenvalue weighted by Crippen LogP contribution is 2.16. The van der Waals surface area contributed by atoms with Gasteiger partial charge >= 0.3 is 0 Å². The maximum Gasteiger partial charge on any atom is 0.253 e. The van der Waals surface area contributed by atoms with Gasteiger partial charge in [-0.15, -0.1) is 0 Å². The van der Waals surface area contributed by atoms with Gasteiger partial charge in [0.25, 0.3) is 5.91 Å². The Balaban J connectivity index is 1.38. The first kappa shape index (κ1) is 22.3. The molecular weight excluding hydrogens is 390 g/mol. The molecule has 2 aromatic rings. The number of thiocarbonyl (C=S) groups is 1. The zero-order valence-electron chi connectivity index (χ0n) is 18.1. The third-order valence-corrected chi connectivity index (χ3v) is 5.85. The van der Waals surface area contributed by atoms with Crippen molar-refractivity contribution in [3.8, 4) is 0 Å². The third kappa shape index (κ3) is 6.56. The molecule has 0 saturated carbocycles. The number of anilines is 1. The number of piperidine rings is 1. The molecule has 4 nitrogen and oxygen atoms in total. The van der Waals surface area contributed by atoms with Crippen molar-refractivity contribution in [1.29, 1.82) is 0 Å². The summed E-state index contributed by atoms with van der Waals surface area (Å²) in [6.45, 7) is 6.99. The summed E-state index contributed by atoms with van der Waals surface area (Å²) >= 11 is 5.40. The second-order valence-corrected chi connectivity index (χ2v) is 8.72. The first-order chi connectivity index (χ1) is 14.5. The highest BCUT2D eigenvalue weighted by molar-refractivity contribution is 7.80. The molecule has 0 unspecified atom stereocenters. The number of nitrogens with zero attached hydrogens (tertiary/aromatic N) is 1. The lowest BCUT2D eigenvalue weighted by atomic mass is 10.0. The van der Waals surface area contributed by atoms with E-state index in [4.69, 9.17) is 12.2 Å². The van der Waals surface area contributed by atoms with Gasteiger partial charge in [-0.3, -0.25) is 4.79 Å². The smallest absolute Gasteiger partial charge is 0.253 e. The summed E-state index contributed by atoms with van der Waals surface area (Å²) < 4.78 is 0.